The lowest BCUT2D eigenvalue weighted by molar-refractivity contribution is -0.128. The van der Waals surface area contributed by atoms with E-state index < -0.39 is 5.97 Å². The molecule has 1 atom stereocenters. The maximum Gasteiger partial charge on any atom is 0.350 e. The number of aromatic nitrogens is 1. The number of ether oxygens (including phenoxy) is 1. The second-order valence-electron chi connectivity index (χ2n) is 6.01. The van der Waals surface area contributed by atoms with Crippen molar-refractivity contribution in [3.63, 3.8) is 0 Å². The summed E-state index contributed by atoms with van der Waals surface area (Å²) in [4.78, 5) is 42.1. The predicted octanol–water partition coefficient (Wildman–Crippen LogP) is 1.68. The van der Waals surface area contributed by atoms with Crippen molar-refractivity contribution in [3.8, 4) is 0 Å². The van der Waals surface area contributed by atoms with Gasteiger partial charge in [-0.2, -0.15) is 0 Å². The Morgan fingerprint density at radius 2 is 2.17 bits per heavy atom. The summed E-state index contributed by atoms with van der Waals surface area (Å²) in [6, 6.07) is 0. The van der Waals surface area contributed by atoms with E-state index in [1.54, 1.807) is 11.8 Å². The first kappa shape index (κ1) is 17.4. The Morgan fingerprint density at radius 3 is 2.78 bits per heavy atom. The summed E-state index contributed by atoms with van der Waals surface area (Å²) in [5.41, 5.74) is 0.515. The first-order chi connectivity index (χ1) is 10.8. The topological polar surface area (TPSA) is 88.6 Å². The number of rotatable bonds is 5. The molecule has 7 nitrogen and oxygen atoms in total. The van der Waals surface area contributed by atoms with E-state index in [1.807, 2.05) is 13.8 Å². The third kappa shape index (κ3) is 4.07. The Morgan fingerprint density at radius 1 is 1.48 bits per heavy atom. The zero-order valence-electron chi connectivity index (χ0n) is 13.7. The van der Waals surface area contributed by atoms with Crippen LogP contribution < -0.4 is 5.32 Å². The Balaban J connectivity index is 2.00. The minimum atomic E-state index is -0.473. The highest BCUT2D eigenvalue weighted by atomic mass is 32.1. The number of likely N-dealkylation sites (tertiary alicyclic amines) is 1. The molecule has 1 aromatic heterocycles. The van der Waals surface area contributed by atoms with Gasteiger partial charge in [0.05, 0.1) is 18.7 Å². The molecule has 0 aliphatic carbocycles. The summed E-state index contributed by atoms with van der Waals surface area (Å²) in [6.45, 7) is 6.84. The van der Waals surface area contributed by atoms with E-state index in [0.717, 1.165) is 11.3 Å². The zero-order chi connectivity index (χ0) is 17.1. The highest BCUT2D eigenvalue weighted by molar-refractivity contribution is 7.17. The van der Waals surface area contributed by atoms with Crippen molar-refractivity contribution >= 4 is 34.3 Å². The van der Waals surface area contributed by atoms with Crippen LogP contribution in [0, 0.1) is 18.8 Å². The Kier molecular flexibility index (Phi) is 5.35. The normalized spacial score (nSPS) is 17.7. The van der Waals surface area contributed by atoms with Gasteiger partial charge in [0.2, 0.25) is 11.8 Å². The van der Waals surface area contributed by atoms with E-state index in [9.17, 15) is 14.4 Å². The fourth-order valence-corrected chi connectivity index (χ4v) is 3.39. The van der Waals surface area contributed by atoms with Crippen molar-refractivity contribution in [2.45, 2.75) is 27.2 Å². The van der Waals surface area contributed by atoms with Crippen LogP contribution in [0.5, 0.6) is 0 Å². The number of thiazole rings is 1. The number of amides is 2. The lowest BCUT2D eigenvalue weighted by atomic mass is 10.1. The predicted molar refractivity (Wildman–Crippen MR) is 86.3 cm³/mol. The number of hydrogen-bond donors (Lipinski definition) is 1. The van der Waals surface area contributed by atoms with Crippen molar-refractivity contribution in [2.75, 3.05) is 25.5 Å². The molecule has 0 unspecified atom stereocenters. The minimum Gasteiger partial charge on any atom is -0.465 e. The van der Waals surface area contributed by atoms with E-state index in [2.05, 4.69) is 15.0 Å². The van der Waals surface area contributed by atoms with Crippen LogP contribution in [0.1, 0.15) is 35.6 Å². The summed E-state index contributed by atoms with van der Waals surface area (Å²) < 4.78 is 4.67. The molecule has 0 radical (unpaired) electrons. The van der Waals surface area contributed by atoms with Gasteiger partial charge in [-0.3, -0.25) is 9.59 Å². The van der Waals surface area contributed by atoms with Crippen LogP contribution in [-0.4, -0.2) is 47.9 Å². The molecule has 8 heteroatoms. The number of aryl methyl sites for hydroxylation is 1. The number of carbonyl (C=O) groups is 3. The SMILES string of the molecule is COC(=O)c1sc(NC(=O)[C@@H]2CC(=O)N(CC(C)C)C2)nc1C. The molecule has 1 fully saturated rings. The van der Waals surface area contributed by atoms with Crippen LogP contribution in [0.3, 0.4) is 0 Å². The van der Waals surface area contributed by atoms with Crippen molar-refractivity contribution in [2.24, 2.45) is 11.8 Å². The van der Waals surface area contributed by atoms with E-state index in [0.29, 0.717) is 34.7 Å². The van der Waals surface area contributed by atoms with Crippen LogP contribution in [0.25, 0.3) is 0 Å². The molecular weight excluding hydrogens is 318 g/mol. The average Bonchev–Trinajstić information content (AvgIpc) is 3.01. The molecule has 1 aromatic rings. The van der Waals surface area contributed by atoms with E-state index in [1.165, 1.54) is 7.11 Å². The highest BCUT2D eigenvalue weighted by Gasteiger charge is 2.34. The van der Waals surface area contributed by atoms with Gasteiger partial charge >= 0.3 is 5.97 Å². The molecule has 0 saturated carbocycles. The Labute approximate surface area is 139 Å². The molecular formula is C15H21N3O4S. The molecule has 1 aliphatic rings. The molecule has 0 aromatic carbocycles. The monoisotopic (exact) mass is 339 g/mol. The quantitative estimate of drug-likeness (QED) is 0.825. The Bertz CT molecular complexity index is 626. The van der Waals surface area contributed by atoms with Crippen molar-refractivity contribution in [1.82, 2.24) is 9.88 Å². The first-order valence-electron chi connectivity index (χ1n) is 7.46. The number of carbonyl (C=O) groups excluding carboxylic acids is 3. The summed E-state index contributed by atoms with van der Waals surface area (Å²) >= 11 is 1.08. The fourth-order valence-electron chi connectivity index (χ4n) is 2.50. The molecule has 23 heavy (non-hydrogen) atoms. The van der Waals surface area contributed by atoms with Crippen LogP contribution in [0.15, 0.2) is 0 Å². The second-order valence-corrected chi connectivity index (χ2v) is 7.01. The number of esters is 1. The van der Waals surface area contributed by atoms with Crippen molar-refractivity contribution in [1.29, 1.82) is 0 Å². The molecule has 126 valence electrons. The highest BCUT2D eigenvalue weighted by Crippen LogP contribution is 2.25. The molecule has 1 N–H and O–H groups in total. The first-order valence-corrected chi connectivity index (χ1v) is 8.27. The van der Waals surface area contributed by atoms with Gasteiger partial charge in [0.25, 0.3) is 0 Å². The van der Waals surface area contributed by atoms with Crippen molar-refractivity contribution < 1.29 is 19.1 Å². The Hall–Kier alpha value is -1.96. The maximum absolute atomic E-state index is 12.3. The lowest BCUT2D eigenvalue weighted by Gasteiger charge is -2.18. The van der Waals surface area contributed by atoms with Gasteiger partial charge < -0.3 is 15.0 Å². The van der Waals surface area contributed by atoms with Crippen LogP contribution in [0.4, 0.5) is 5.13 Å². The standard InChI is InChI=1S/C15H21N3O4S/c1-8(2)6-18-7-10(5-11(18)19)13(20)17-15-16-9(3)12(23-15)14(21)22-4/h8,10H,5-7H2,1-4H3,(H,16,17,20)/t10-/m1/s1. The van der Waals surface area contributed by atoms with Gasteiger partial charge in [-0.15, -0.1) is 0 Å². The van der Waals surface area contributed by atoms with E-state index in [4.69, 9.17) is 0 Å². The number of anilines is 1. The summed E-state index contributed by atoms with van der Waals surface area (Å²) in [5.74, 6) is -0.726. The molecule has 1 saturated heterocycles. The third-order valence-corrected chi connectivity index (χ3v) is 4.62. The molecule has 2 amide bonds. The van der Waals surface area contributed by atoms with Gasteiger partial charge in [0.15, 0.2) is 5.13 Å². The van der Waals surface area contributed by atoms with Gasteiger partial charge in [-0.05, 0) is 12.8 Å². The van der Waals surface area contributed by atoms with Crippen LogP contribution >= 0.6 is 11.3 Å². The lowest BCUT2D eigenvalue weighted by Crippen LogP contribution is -2.31. The summed E-state index contributed by atoms with van der Waals surface area (Å²) in [7, 11) is 1.30. The van der Waals surface area contributed by atoms with Crippen LogP contribution in [-0.2, 0) is 14.3 Å². The zero-order valence-corrected chi connectivity index (χ0v) is 14.5. The van der Waals surface area contributed by atoms with Crippen molar-refractivity contribution in [3.05, 3.63) is 10.6 Å². The maximum atomic E-state index is 12.3. The number of nitrogens with zero attached hydrogens (tertiary/aromatic N) is 2. The average molecular weight is 339 g/mol. The number of hydrogen-bond acceptors (Lipinski definition) is 6. The van der Waals surface area contributed by atoms with Gasteiger partial charge in [-0.1, -0.05) is 25.2 Å². The third-order valence-electron chi connectivity index (χ3n) is 3.57. The van der Waals surface area contributed by atoms with E-state index >= 15 is 0 Å². The fraction of sp³-hybridized carbons (Fsp3) is 0.600. The van der Waals surface area contributed by atoms with Crippen LogP contribution in [0.2, 0.25) is 0 Å². The summed E-state index contributed by atoms with van der Waals surface area (Å²) in [5, 5.41) is 3.05. The minimum absolute atomic E-state index is 0.00409. The van der Waals surface area contributed by atoms with Gasteiger partial charge in [0, 0.05) is 19.5 Å². The van der Waals surface area contributed by atoms with Gasteiger partial charge in [-0.25, -0.2) is 9.78 Å². The van der Waals surface area contributed by atoms with E-state index in [-0.39, 0.29) is 24.2 Å². The summed E-state index contributed by atoms with van der Waals surface area (Å²) in [6.07, 6.45) is 0.215. The molecule has 1 aliphatic heterocycles. The number of nitrogens with one attached hydrogen (secondary N) is 1. The molecule has 0 bridgehead atoms. The smallest absolute Gasteiger partial charge is 0.350 e. The molecule has 2 heterocycles. The van der Waals surface area contributed by atoms with Gasteiger partial charge in [0.1, 0.15) is 4.88 Å². The largest absolute Gasteiger partial charge is 0.465 e. The number of methoxy groups -OCH3 is 1. The molecule has 2 rings (SSSR count). The second kappa shape index (κ2) is 7.08. The molecule has 0 spiro atoms.